The molecule has 16 atom stereocenters. The second kappa shape index (κ2) is 12.6. The number of rotatable bonds is 7. The molecule has 5 fully saturated rings. The van der Waals surface area contributed by atoms with Crippen LogP contribution in [0.25, 0.3) is 0 Å². The standard InChI is InChI=1S/C34H46O16/c1-12(2)13(3)7-19(36)50-25-27-33-11-46-34(27,31(44)45-6)28(42)24(41)26(33)32(5)9-16(20(37)14(4)15(32)8-18(33)49-29(25)43)47-30-23(40)22(39)21(38)17(10-35)48-30/h7,9,12,14-15,17-18,21-28,30,35,38-42H,8,10-11H2,1-6H3/b13-7+/t14-,15+,17-,18+,21-,22+,23-,24-,25-,26-,27-,28-,30-,32-,33+,34-/m0/s1. The number of aliphatic hydroxyl groups is 6. The summed E-state index contributed by atoms with van der Waals surface area (Å²) in [5, 5.41) is 64.8. The Hall–Kier alpha value is -2.96. The number of ether oxygens (including phenoxy) is 6. The van der Waals surface area contributed by atoms with Gasteiger partial charge in [0.2, 0.25) is 18.0 Å². The molecule has 0 aromatic rings. The van der Waals surface area contributed by atoms with Crippen LogP contribution in [-0.2, 0) is 47.6 Å². The van der Waals surface area contributed by atoms with Crippen molar-refractivity contribution in [3.8, 4) is 0 Å². The zero-order valence-electron chi connectivity index (χ0n) is 28.6. The van der Waals surface area contributed by atoms with E-state index in [1.54, 1.807) is 20.8 Å². The molecule has 16 nitrogen and oxygen atoms in total. The Bertz CT molecular complexity index is 1490. The predicted octanol–water partition coefficient (Wildman–Crippen LogP) is -1.73. The van der Waals surface area contributed by atoms with Crippen LogP contribution in [0.15, 0.2) is 23.5 Å². The van der Waals surface area contributed by atoms with E-state index in [0.29, 0.717) is 5.57 Å². The Kier molecular flexibility index (Phi) is 9.29. The molecule has 6 aliphatic rings. The molecular weight excluding hydrogens is 664 g/mol. The van der Waals surface area contributed by atoms with Gasteiger partial charge >= 0.3 is 17.9 Å². The Morgan fingerprint density at radius 2 is 1.74 bits per heavy atom. The van der Waals surface area contributed by atoms with Gasteiger partial charge in [0.05, 0.1) is 32.3 Å². The number of carbonyl (C=O) groups is 4. The average molecular weight is 711 g/mol. The Labute approximate surface area is 287 Å². The number of ketones is 1. The maximum Gasteiger partial charge on any atom is 0.348 e. The molecule has 278 valence electrons. The lowest BCUT2D eigenvalue weighted by Gasteiger charge is -2.67. The fourth-order valence-electron chi connectivity index (χ4n) is 9.69. The maximum absolute atomic E-state index is 13.8. The Morgan fingerprint density at radius 3 is 2.36 bits per heavy atom. The molecule has 2 bridgehead atoms. The van der Waals surface area contributed by atoms with E-state index in [1.807, 2.05) is 13.8 Å². The van der Waals surface area contributed by atoms with Crippen molar-refractivity contribution < 1.29 is 78.2 Å². The van der Waals surface area contributed by atoms with E-state index >= 15 is 0 Å². The van der Waals surface area contributed by atoms with Gasteiger partial charge < -0.3 is 59.1 Å². The fourth-order valence-corrected chi connectivity index (χ4v) is 9.69. The number of aliphatic hydroxyl groups excluding tert-OH is 6. The van der Waals surface area contributed by atoms with Crippen molar-refractivity contribution >= 4 is 23.7 Å². The lowest BCUT2D eigenvalue weighted by atomic mass is 9.38. The van der Waals surface area contributed by atoms with E-state index in [9.17, 15) is 49.8 Å². The summed E-state index contributed by atoms with van der Waals surface area (Å²) >= 11 is 0. The van der Waals surface area contributed by atoms with Gasteiger partial charge in [-0.15, -0.1) is 0 Å². The van der Waals surface area contributed by atoms with Crippen molar-refractivity contribution in [1.82, 2.24) is 0 Å². The summed E-state index contributed by atoms with van der Waals surface area (Å²) in [6.07, 6.45) is -12.2. The molecule has 6 N–H and O–H groups in total. The summed E-state index contributed by atoms with van der Waals surface area (Å²) in [5.41, 5.74) is -4.45. The van der Waals surface area contributed by atoms with Crippen molar-refractivity contribution in [3.05, 3.63) is 23.5 Å². The lowest BCUT2D eigenvalue weighted by Crippen LogP contribution is -2.79. The van der Waals surface area contributed by atoms with Crippen molar-refractivity contribution in [2.75, 3.05) is 20.3 Å². The van der Waals surface area contributed by atoms with E-state index < -0.39 is 126 Å². The molecule has 0 unspecified atom stereocenters. The molecule has 3 aliphatic heterocycles. The third kappa shape index (κ3) is 4.94. The highest BCUT2D eigenvalue weighted by molar-refractivity contribution is 5.97. The summed E-state index contributed by atoms with van der Waals surface area (Å²) in [7, 11) is 1.06. The number of Topliss-reactive ketones (excluding diaryl/α,β-unsaturated/α-hetero) is 1. The van der Waals surface area contributed by atoms with Gasteiger partial charge in [-0.25, -0.2) is 14.4 Å². The number of allylic oxidation sites excluding steroid dienone is 3. The zero-order chi connectivity index (χ0) is 36.8. The number of methoxy groups -OCH3 is 1. The van der Waals surface area contributed by atoms with Gasteiger partial charge in [0.1, 0.15) is 36.6 Å². The molecule has 3 aliphatic carbocycles. The Balaban J connectivity index is 1.47. The van der Waals surface area contributed by atoms with E-state index in [-0.39, 0.29) is 24.7 Å². The van der Waals surface area contributed by atoms with Gasteiger partial charge in [0.25, 0.3) is 0 Å². The summed E-state index contributed by atoms with van der Waals surface area (Å²) in [5.74, 6) is -7.88. The fraction of sp³-hybridized carbons (Fsp3) is 0.765. The van der Waals surface area contributed by atoms with E-state index in [0.717, 1.165) is 7.11 Å². The SMILES string of the molecule is COC(=O)[C@]12OC[C@@]34[C@@H]1[C@H](OC(=O)/C=C(\C)C(C)C)C(=O)O[C@@H]3C[C@@H]1[C@H](C)C(=O)C(O[C@H]3O[C@@H](CO)[C@H](O)[C@@H](O)[C@@H]3O)=C[C@]1(C)[C@@H]4[C@H](O)[C@@H]2O. The lowest BCUT2D eigenvalue weighted by molar-refractivity contribution is -0.296. The minimum atomic E-state index is -2.34. The monoisotopic (exact) mass is 710 g/mol. The third-order valence-electron chi connectivity index (χ3n) is 12.4. The summed E-state index contributed by atoms with van der Waals surface area (Å²) in [4.78, 5) is 54.5. The first-order valence-electron chi connectivity index (χ1n) is 16.8. The van der Waals surface area contributed by atoms with Crippen LogP contribution in [0.5, 0.6) is 0 Å². The molecule has 16 heteroatoms. The van der Waals surface area contributed by atoms with Crippen molar-refractivity contribution in [3.63, 3.8) is 0 Å². The van der Waals surface area contributed by atoms with Gasteiger partial charge in [-0.3, -0.25) is 4.79 Å². The van der Waals surface area contributed by atoms with Crippen LogP contribution in [0, 0.1) is 40.4 Å². The van der Waals surface area contributed by atoms with E-state index in [2.05, 4.69) is 0 Å². The van der Waals surface area contributed by atoms with Gasteiger partial charge in [0, 0.05) is 23.3 Å². The number of hydrogen-bond acceptors (Lipinski definition) is 16. The van der Waals surface area contributed by atoms with Gasteiger partial charge in [-0.05, 0) is 36.7 Å². The van der Waals surface area contributed by atoms with Crippen LogP contribution >= 0.6 is 0 Å². The molecule has 1 spiro atoms. The average Bonchev–Trinajstić information content (AvgIpc) is 3.38. The van der Waals surface area contributed by atoms with Crippen molar-refractivity contribution in [1.29, 1.82) is 0 Å². The predicted molar refractivity (Wildman–Crippen MR) is 164 cm³/mol. The summed E-state index contributed by atoms with van der Waals surface area (Å²) in [6, 6.07) is 0. The van der Waals surface area contributed by atoms with Crippen LogP contribution in [0.1, 0.15) is 41.0 Å². The second-order valence-electron chi connectivity index (χ2n) is 15.1. The number of carbonyl (C=O) groups excluding carboxylic acids is 4. The molecule has 0 aromatic heterocycles. The number of esters is 3. The van der Waals surface area contributed by atoms with Crippen LogP contribution in [0.2, 0.25) is 0 Å². The molecule has 3 saturated heterocycles. The minimum absolute atomic E-state index is 0.0294. The highest BCUT2D eigenvalue weighted by atomic mass is 16.7. The topological polar surface area (TPSA) is 245 Å². The molecule has 0 amide bonds. The third-order valence-corrected chi connectivity index (χ3v) is 12.4. The largest absolute Gasteiger partial charge is 0.467 e. The molecule has 0 radical (unpaired) electrons. The van der Waals surface area contributed by atoms with Gasteiger partial charge in [-0.2, -0.15) is 0 Å². The second-order valence-corrected chi connectivity index (χ2v) is 15.1. The normalized spacial score (nSPS) is 48.2. The number of fused-ring (bicyclic) bond motifs is 2. The number of hydrogen-bond donors (Lipinski definition) is 6. The molecular formula is C34H46O16. The van der Waals surface area contributed by atoms with Crippen LogP contribution in [0.4, 0.5) is 0 Å². The molecule has 2 saturated carbocycles. The minimum Gasteiger partial charge on any atom is -0.467 e. The first-order chi connectivity index (χ1) is 23.4. The first kappa shape index (κ1) is 36.8. The quantitative estimate of drug-likeness (QED) is 0.0976. The molecule has 3 heterocycles. The summed E-state index contributed by atoms with van der Waals surface area (Å²) < 4.78 is 34.4. The Morgan fingerprint density at radius 1 is 1.06 bits per heavy atom. The van der Waals surface area contributed by atoms with Crippen LogP contribution in [-0.4, -0.2) is 135 Å². The summed E-state index contributed by atoms with van der Waals surface area (Å²) in [6.45, 7) is 7.69. The van der Waals surface area contributed by atoms with Crippen LogP contribution < -0.4 is 0 Å². The highest BCUT2D eigenvalue weighted by Gasteiger charge is 2.85. The molecule has 50 heavy (non-hydrogen) atoms. The van der Waals surface area contributed by atoms with Crippen molar-refractivity contribution in [2.24, 2.45) is 40.4 Å². The first-order valence-corrected chi connectivity index (χ1v) is 16.8. The maximum atomic E-state index is 13.8. The van der Waals surface area contributed by atoms with E-state index in [1.165, 1.54) is 12.2 Å². The van der Waals surface area contributed by atoms with Gasteiger partial charge in [0.15, 0.2) is 11.5 Å². The highest BCUT2D eigenvalue weighted by Crippen LogP contribution is 2.72. The smallest absolute Gasteiger partial charge is 0.348 e. The zero-order valence-corrected chi connectivity index (χ0v) is 28.6. The van der Waals surface area contributed by atoms with Gasteiger partial charge in [-0.1, -0.05) is 33.3 Å². The van der Waals surface area contributed by atoms with Crippen molar-refractivity contribution in [2.45, 2.75) is 102 Å². The van der Waals surface area contributed by atoms with Crippen LogP contribution in [0.3, 0.4) is 0 Å². The molecule has 6 rings (SSSR count). The van der Waals surface area contributed by atoms with E-state index in [4.69, 9.17) is 28.4 Å². The molecule has 0 aromatic carbocycles.